The minimum atomic E-state index is -0.483. The molecule has 0 aromatic heterocycles. The molecule has 0 fully saturated rings. The van der Waals surface area contributed by atoms with Crippen LogP contribution in [-0.2, 0) is 11.4 Å². The molecule has 2 amide bonds. The third kappa shape index (κ3) is 9.20. The summed E-state index contributed by atoms with van der Waals surface area (Å²) >= 11 is 1.41. The standard InChI is InChI=1S/C38H32N2O5S/c1-44-32-20-14-29(15-21-32)36(41)26-46-34-22-16-31(17-23-34)39-38(43)35(40-37(42)30-10-6-3-7-11-30)24-27-12-18-33(19-13-27)45-25-28-8-4-2-5-9-28/h2-24H,25-26H2,1H3,(H,39,43)(H,40,42)/b35-24-. The summed E-state index contributed by atoms with van der Waals surface area (Å²) in [6.45, 7) is 0.438. The normalized spacial score (nSPS) is 10.9. The molecule has 0 saturated carbocycles. The van der Waals surface area contributed by atoms with Gasteiger partial charge in [-0.3, -0.25) is 14.4 Å². The SMILES string of the molecule is COc1ccc(C(=O)CSc2ccc(NC(=O)/C(=C/c3ccc(OCc4ccccc4)cc3)NC(=O)c3ccccc3)cc2)cc1. The van der Waals surface area contributed by atoms with Gasteiger partial charge in [-0.25, -0.2) is 0 Å². The minimum Gasteiger partial charge on any atom is -0.497 e. The highest BCUT2D eigenvalue weighted by Gasteiger charge is 2.15. The number of amides is 2. The van der Waals surface area contributed by atoms with E-state index in [2.05, 4.69) is 10.6 Å². The lowest BCUT2D eigenvalue weighted by Crippen LogP contribution is -2.30. The predicted octanol–water partition coefficient (Wildman–Crippen LogP) is 7.66. The van der Waals surface area contributed by atoms with Crippen LogP contribution in [0, 0.1) is 0 Å². The first-order chi connectivity index (χ1) is 22.5. The van der Waals surface area contributed by atoms with Crippen molar-refractivity contribution in [3.05, 3.63) is 161 Å². The second kappa shape index (κ2) is 15.9. The number of rotatable bonds is 13. The average molecular weight is 629 g/mol. The van der Waals surface area contributed by atoms with Crippen molar-refractivity contribution in [3.63, 3.8) is 0 Å². The monoisotopic (exact) mass is 628 g/mol. The van der Waals surface area contributed by atoms with E-state index in [-0.39, 0.29) is 17.2 Å². The van der Waals surface area contributed by atoms with Gasteiger partial charge in [-0.15, -0.1) is 11.8 Å². The molecule has 5 rings (SSSR count). The van der Waals surface area contributed by atoms with Crippen LogP contribution in [0.3, 0.4) is 0 Å². The van der Waals surface area contributed by atoms with E-state index < -0.39 is 11.8 Å². The quantitative estimate of drug-likeness (QED) is 0.0790. The summed E-state index contributed by atoms with van der Waals surface area (Å²) in [5.74, 6) is 0.768. The second-order valence-corrected chi connectivity index (χ2v) is 11.2. The Bertz CT molecular complexity index is 1790. The van der Waals surface area contributed by atoms with Gasteiger partial charge >= 0.3 is 0 Å². The summed E-state index contributed by atoms with van der Waals surface area (Å²) in [5, 5.41) is 5.62. The molecule has 5 aromatic carbocycles. The Balaban J connectivity index is 1.24. The zero-order chi connectivity index (χ0) is 32.1. The maximum Gasteiger partial charge on any atom is 0.272 e. The number of nitrogens with one attached hydrogen (secondary N) is 2. The van der Waals surface area contributed by atoms with Gasteiger partial charge in [0.25, 0.3) is 11.8 Å². The van der Waals surface area contributed by atoms with Crippen LogP contribution in [-0.4, -0.2) is 30.5 Å². The smallest absolute Gasteiger partial charge is 0.272 e. The Labute approximate surface area is 272 Å². The van der Waals surface area contributed by atoms with Crippen LogP contribution in [0.5, 0.6) is 11.5 Å². The Morgan fingerprint density at radius 3 is 1.98 bits per heavy atom. The molecule has 7 nitrogen and oxygen atoms in total. The van der Waals surface area contributed by atoms with Crippen LogP contribution in [0.1, 0.15) is 31.8 Å². The molecule has 0 radical (unpaired) electrons. The van der Waals surface area contributed by atoms with Gasteiger partial charge in [-0.2, -0.15) is 0 Å². The second-order valence-electron chi connectivity index (χ2n) is 10.1. The number of ketones is 1. The van der Waals surface area contributed by atoms with Gasteiger partial charge in [0.05, 0.1) is 12.9 Å². The van der Waals surface area contributed by atoms with Gasteiger partial charge in [0.2, 0.25) is 0 Å². The fourth-order valence-corrected chi connectivity index (χ4v) is 5.15. The molecule has 0 saturated heterocycles. The van der Waals surface area contributed by atoms with Crippen LogP contribution in [0.15, 0.2) is 144 Å². The molecule has 0 heterocycles. The number of ether oxygens (including phenoxy) is 2. The summed E-state index contributed by atoms with van der Waals surface area (Å²) in [6, 6.07) is 40.0. The third-order valence-electron chi connectivity index (χ3n) is 6.86. The number of hydrogen-bond acceptors (Lipinski definition) is 6. The zero-order valence-corrected chi connectivity index (χ0v) is 26.0. The molecule has 46 heavy (non-hydrogen) atoms. The van der Waals surface area contributed by atoms with E-state index in [0.717, 1.165) is 10.5 Å². The molecule has 230 valence electrons. The molecule has 0 bridgehead atoms. The van der Waals surface area contributed by atoms with Crippen molar-refractivity contribution in [3.8, 4) is 11.5 Å². The number of Topliss-reactive ketones (excluding diaryl/α,β-unsaturated/α-hetero) is 1. The van der Waals surface area contributed by atoms with Crippen molar-refractivity contribution >= 4 is 41.1 Å². The van der Waals surface area contributed by atoms with E-state index in [0.29, 0.717) is 40.5 Å². The molecule has 2 N–H and O–H groups in total. The van der Waals surface area contributed by atoms with Crippen molar-refractivity contribution in [1.82, 2.24) is 5.32 Å². The minimum absolute atomic E-state index is 0.00441. The summed E-state index contributed by atoms with van der Waals surface area (Å²) in [5.41, 5.74) is 3.43. The molecular formula is C38H32N2O5S. The van der Waals surface area contributed by atoms with Crippen molar-refractivity contribution in [2.45, 2.75) is 11.5 Å². The third-order valence-corrected chi connectivity index (χ3v) is 7.87. The number of methoxy groups -OCH3 is 1. The Morgan fingerprint density at radius 2 is 1.33 bits per heavy atom. The van der Waals surface area contributed by atoms with E-state index in [1.165, 1.54) is 11.8 Å². The number of thioether (sulfide) groups is 1. The van der Waals surface area contributed by atoms with E-state index in [1.807, 2.05) is 72.8 Å². The molecule has 0 aliphatic rings. The van der Waals surface area contributed by atoms with Gasteiger partial charge in [-0.1, -0.05) is 60.7 Å². The van der Waals surface area contributed by atoms with E-state index in [1.54, 1.807) is 73.8 Å². The van der Waals surface area contributed by atoms with Crippen LogP contribution >= 0.6 is 11.8 Å². The lowest BCUT2D eigenvalue weighted by Gasteiger charge is -2.12. The first-order valence-corrected chi connectivity index (χ1v) is 15.5. The Hall–Kier alpha value is -5.60. The van der Waals surface area contributed by atoms with Crippen molar-refractivity contribution in [2.75, 3.05) is 18.2 Å². The van der Waals surface area contributed by atoms with Crippen LogP contribution in [0.25, 0.3) is 6.08 Å². The first kappa shape index (κ1) is 31.8. The predicted molar refractivity (Wildman–Crippen MR) is 182 cm³/mol. The van der Waals surface area contributed by atoms with Crippen molar-refractivity contribution in [2.24, 2.45) is 0 Å². The number of carbonyl (C=O) groups excluding carboxylic acids is 3. The maximum atomic E-state index is 13.4. The summed E-state index contributed by atoms with van der Waals surface area (Å²) in [6.07, 6.45) is 1.62. The highest BCUT2D eigenvalue weighted by atomic mass is 32.2. The average Bonchev–Trinajstić information content (AvgIpc) is 3.11. The molecular weight excluding hydrogens is 596 g/mol. The lowest BCUT2D eigenvalue weighted by molar-refractivity contribution is -0.113. The highest BCUT2D eigenvalue weighted by molar-refractivity contribution is 8.00. The molecule has 0 spiro atoms. The molecule has 8 heteroatoms. The van der Waals surface area contributed by atoms with Crippen LogP contribution < -0.4 is 20.1 Å². The van der Waals surface area contributed by atoms with Gasteiger partial charge in [0, 0.05) is 21.7 Å². The van der Waals surface area contributed by atoms with E-state index >= 15 is 0 Å². The van der Waals surface area contributed by atoms with Crippen molar-refractivity contribution < 1.29 is 23.9 Å². The molecule has 0 unspecified atom stereocenters. The first-order valence-electron chi connectivity index (χ1n) is 14.5. The maximum absolute atomic E-state index is 13.4. The van der Waals surface area contributed by atoms with E-state index in [4.69, 9.17) is 9.47 Å². The van der Waals surface area contributed by atoms with Gasteiger partial charge in [0.1, 0.15) is 23.8 Å². The fraction of sp³-hybridized carbons (Fsp3) is 0.0789. The summed E-state index contributed by atoms with van der Waals surface area (Å²) < 4.78 is 11.0. The fourth-order valence-electron chi connectivity index (χ4n) is 4.35. The number of carbonyl (C=O) groups is 3. The van der Waals surface area contributed by atoms with Gasteiger partial charge in [0.15, 0.2) is 5.78 Å². The summed E-state index contributed by atoms with van der Waals surface area (Å²) in [4.78, 5) is 39.9. The molecule has 0 aliphatic carbocycles. The lowest BCUT2D eigenvalue weighted by atomic mass is 10.1. The van der Waals surface area contributed by atoms with Crippen LogP contribution in [0.2, 0.25) is 0 Å². The molecule has 5 aromatic rings. The van der Waals surface area contributed by atoms with Crippen molar-refractivity contribution in [1.29, 1.82) is 0 Å². The van der Waals surface area contributed by atoms with E-state index in [9.17, 15) is 14.4 Å². The zero-order valence-electron chi connectivity index (χ0n) is 25.1. The van der Waals surface area contributed by atoms with Crippen LogP contribution in [0.4, 0.5) is 5.69 Å². The Kier molecular flexibility index (Phi) is 11.0. The van der Waals surface area contributed by atoms with Gasteiger partial charge < -0.3 is 20.1 Å². The topological polar surface area (TPSA) is 93.7 Å². The Morgan fingerprint density at radius 1 is 0.696 bits per heavy atom. The molecule has 0 atom stereocenters. The highest BCUT2D eigenvalue weighted by Crippen LogP contribution is 2.23. The summed E-state index contributed by atoms with van der Waals surface area (Å²) in [7, 11) is 1.58. The number of benzene rings is 5. The molecule has 0 aliphatic heterocycles. The van der Waals surface area contributed by atoms with Gasteiger partial charge in [-0.05, 0) is 90.0 Å². The largest absolute Gasteiger partial charge is 0.497 e. The number of hydrogen-bond donors (Lipinski definition) is 2. The number of anilines is 1.